The Bertz CT molecular complexity index is 876. The summed E-state index contributed by atoms with van der Waals surface area (Å²) < 4.78 is 31.5. The number of carbonyl (C=O) groups is 1. The molecule has 0 fully saturated rings. The topological polar surface area (TPSA) is 76.0 Å². The van der Waals surface area contributed by atoms with Crippen molar-refractivity contribution in [1.29, 1.82) is 0 Å². The number of aryl methyl sites for hydroxylation is 1. The molecule has 138 valence electrons. The van der Waals surface area contributed by atoms with Crippen LogP contribution in [0.5, 0.6) is 0 Å². The lowest BCUT2D eigenvalue weighted by Crippen LogP contribution is -2.30. The second-order valence-electron chi connectivity index (χ2n) is 5.74. The van der Waals surface area contributed by atoms with Gasteiger partial charge in [-0.15, -0.1) is 0 Å². The first-order chi connectivity index (χ1) is 12.3. The van der Waals surface area contributed by atoms with E-state index in [4.69, 9.17) is 0 Å². The monoisotopic (exact) mass is 374 g/mol. The van der Waals surface area contributed by atoms with Gasteiger partial charge in [0, 0.05) is 0 Å². The van der Waals surface area contributed by atoms with Gasteiger partial charge in [0.2, 0.25) is 0 Å². The van der Waals surface area contributed by atoms with Crippen molar-refractivity contribution >= 4 is 21.7 Å². The van der Waals surface area contributed by atoms with Crippen molar-refractivity contribution in [1.82, 2.24) is 4.41 Å². The average molecular weight is 374 g/mol. The Morgan fingerprint density at radius 1 is 1.08 bits per heavy atom. The van der Waals surface area contributed by atoms with Gasteiger partial charge >= 0.3 is 5.97 Å². The molecule has 0 heterocycles. The van der Waals surface area contributed by atoms with Crippen molar-refractivity contribution < 1.29 is 17.9 Å². The van der Waals surface area contributed by atoms with Crippen LogP contribution in [-0.2, 0) is 19.6 Å². The van der Waals surface area contributed by atoms with Gasteiger partial charge in [0.1, 0.15) is 0 Å². The SMILES string of the molecule is COC(=O)CCN(/N=C(\C)c1ccccc1)S(=O)(=O)c1ccc(C)cc1. The number of nitrogens with zero attached hydrogens (tertiary/aromatic N) is 2. The van der Waals surface area contributed by atoms with Crippen LogP contribution in [0.2, 0.25) is 0 Å². The van der Waals surface area contributed by atoms with Crippen LogP contribution >= 0.6 is 0 Å². The van der Waals surface area contributed by atoms with Crippen molar-refractivity contribution in [2.75, 3.05) is 13.7 Å². The molecule has 0 saturated heterocycles. The zero-order valence-electron chi connectivity index (χ0n) is 15.0. The first kappa shape index (κ1) is 19.7. The molecule has 2 aromatic carbocycles. The Morgan fingerprint density at radius 3 is 2.27 bits per heavy atom. The maximum atomic E-state index is 13.0. The lowest BCUT2D eigenvalue weighted by molar-refractivity contribution is -0.140. The molecule has 0 amide bonds. The maximum absolute atomic E-state index is 13.0. The molecule has 2 aromatic rings. The summed E-state index contributed by atoms with van der Waals surface area (Å²) in [6.07, 6.45) is -0.0901. The smallest absolute Gasteiger partial charge is 0.307 e. The highest BCUT2D eigenvalue weighted by atomic mass is 32.2. The Labute approximate surface area is 154 Å². The van der Waals surface area contributed by atoms with Gasteiger partial charge in [0.25, 0.3) is 10.0 Å². The highest BCUT2D eigenvalue weighted by molar-refractivity contribution is 7.89. The first-order valence-corrected chi connectivity index (χ1v) is 9.55. The van der Waals surface area contributed by atoms with Gasteiger partial charge in [0.05, 0.1) is 30.7 Å². The van der Waals surface area contributed by atoms with Gasteiger partial charge in [-0.3, -0.25) is 4.79 Å². The normalized spacial score (nSPS) is 11.9. The number of sulfonamides is 1. The summed E-state index contributed by atoms with van der Waals surface area (Å²) in [5, 5.41) is 4.28. The van der Waals surface area contributed by atoms with E-state index in [0.29, 0.717) is 5.71 Å². The third kappa shape index (κ3) is 4.92. The highest BCUT2D eigenvalue weighted by Gasteiger charge is 2.24. The molecule has 2 rings (SSSR count). The van der Waals surface area contributed by atoms with Crippen LogP contribution in [0, 0.1) is 6.92 Å². The Morgan fingerprint density at radius 2 is 1.69 bits per heavy atom. The second-order valence-corrected chi connectivity index (χ2v) is 7.58. The predicted octanol–water partition coefficient (Wildman–Crippen LogP) is 2.97. The molecule has 0 radical (unpaired) electrons. The number of hydrogen-bond donors (Lipinski definition) is 0. The van der Waals surface area contributed by atoms with Crippen molar-refractivity contribution in [3.63, 3.8) is 0 Å². The largest absolute Gasteiger partial charge is 0.469 e. The minimum absolute atomic E-state index is 0.0901. The van der Waals surface area contributed by atoms with Crippen LogP contribution in [0.1, 0.15) is 24.5 Å². The molecule has 6 nitrogen and oxygen atoms in total. The number of esters is 1. The predicted molar refractivity (Wildman–Crippen MR) is 100 cm³/mol. The number of benzene rings is 2. The molecule has 26 heavy (non-hydrogen) atoms. The van der Waals surface area contributed by atoms with Gasteiger partial charge < -0.3 is 4.74 Å². The summed E-state index contributed by atoms with van der Waals surface area (Å²) in [6.45, 7) is 3.50. The number of ether oxygens (including phenoxy) is 1. The number of hydrazone groups is 1. The minimum Gasteiger partial charge on any atom is -0.469 e. The summed E-state index contributed by atoms with van der Waals surface area (Å²) in [5.41, 5.74) is 2.29. The van der Waals surface area contributed by atoms with Crippen LogP contribution in [0.15, 0.2) is 64.6 Å². The van der Waals surface area contributed by atoms with Gasteiger partial charge in [-0.05, 0) is 31.5 Å². The lowest BCUT2D eigenvalue weighted by atomic mass is 10.1. The first-order valence-electron chi connectivity index (χ1n) is 8.11. The zero-order valence-corrected chi connectivity index (χ0v) is 15.9. The number of rotatable bonds is 7. The molecule has 0 N–H and O–H groups in total. The fraction of sp³-hybridized carbons (Fsp3) is 0.263. The van der Waals surface area contributed by atoms with Gasteiger partial charge in [-0.2, -0.15) is 17.9 Å². The fourth-order valence-electron chi connectivity index (χ4n) is 2.25. The van der Waals surface area contributed by atoms with E-state index in [2.05, 4.69) is 9.84 Å². The minimum atomic E-state index is -3.89. The van der Waals surface area contributed by atoms with Gasteiger partial charge in [-0.25, -0.2) is 0 Å². The third-order valence-corrected chi connectivity index (χ3v) is 5.47. The molecule has 0 saturated carbocycles. The molecule has 0 atom stereocenters. The molecular weight excluding hydrogens is 352 g/mol. The molecule has 0 aliphatic heterocycles. The Hall–Kier alpha value is -2.67. The molecule has 0 aliphatic rings. The average Bonchev–Trinajstić information content (AvgIpc) is 2.65. The number of carbonyl (C=O) groups excluding carboxylic acids is 1. The van der Waals surface area contributed by atoms with E-state index in [1.807, 2.05) is 37.3 Å². The highest BCUT2D eigenvalue weighted by Crippen LogP contribution is 2.18. The number of hydrogen-bond acceptors (Lipinski definition) is 5. The molecule has 0 spiro atoms. The van der Waals surface area contributed by atoms with E-state index >= 15 is 0 Å². The van der Waals surface area contributed by atoms with Gasteiger partial charge in [0.15, 0.2) is 0 Å². The molecule has 0 aliphatic carbocycles. The van der Waals surface area contributed by atoms with Crippen LogP contribution in [0.3, 0.4) is 0 Å². The standard InChI is InChI=1S/C19H22N2O4S/c1-15-9-11-18(12-10-15)26(23,24)21(14-13-19(22)25-3)20-16(2)17-7-5-4-6-8-17/h4-12H,13-14H2,1-3H3/b20-16+. The van der Waals surface area contributed by atoms with E-state index in [-0.39, 0.29) is 17.9 Å². The summed E-state index contributed by atoms with van der Waals surface area (Å²) >= 11 is 0. The Balaban J connectivity index is 2.39. The summed E-state index contributed by atoms with van der Waals surface area (Å²) in [5.74, 6) is -0.498. The van der Waals surface area contributed by atoms with Crippen LogP contribution in [0.4, 0.5) is 0 Å². The van der Waals surface area contributed by atoms with Crippen molar-refractivity contribution in [3.8, 4) is 0 Å². The lowest BCUT2D eigenvalue weighted by Gasteiger charge is -2.20. The molecule has 0 unspecified atom stereocenters. The molecular formula is C19H22N2O4S. The molecule has 7 heteroatoms. The van der Waals surface area contributed by atoms with E-state index < -0.39 is 16.0 Å². The van der Waals surface area contributed by atoms with E-state index in [9.17, 15) is 13.2 Å². The fourth-order valence-corrected chi connectivity index (χ4v) is 3.53. The van der Waals surface area contributed by atoms with Gasteiger partial charge in [-0.1, -0.05) is 48.0 Å². The van der Waals surface area contributed by atoms with Crippen LogP contribution in [-0.4, -0.2) is 38.2 Å². The van der Waals surface area contributed by atoms with E-state index in [1.165, 1.54) is 19.2 Å². The molecule has 0 bridgehead atoms. The van der Waals surface area contributed by atoms with Crippen LogP contribution < -0.4 is 0 Å². The van der Waals surface area contributed by atoms with Crippen molar-refractivity contribution in [2.24, 2.45) is 5.10 Å². The third-order valence-electron chi connectivity index (χ3n) is 3.78. The zero-order chi connectivity index (χ0) is 19.2. The van der Waals surface area contributed by atoms with Crippen LogP contribution in [0.25, 0.3) is 0 Å². The molecule has 0 aromatic heterocycles. The maximum Gasteiger partial charge on any atom is 0.307 e. The Kier molecular flexibility index (Phi) is 6.52. The number of methoxy groups -OCH3 is 1. The summed E-state index contributed by atoms with van der Waals surface area (Å²) in [7, 11) is -2.62. The van der Waals surface area contributed by atoms with Crippen molar-refractivity contribution in [2.45, 2.75) is 25.2 Å². The summed E-state index contributed by atoms with van der Waals surface area (Å²) in [6, 6.07) is 15.8. The summed E-state index contributed by atoms with van der Waals surface area (Å²) in [4.78, 5) is 11.6. The van der Waals surface area contributed by atoms with E-state index in [1.54, 1.807) is 19.1 Å². The van der Waals surface area contributed by atoms with E-state index in [0.717, 1.165) is 15.5 Å². The van der Waals surface area contributed by atoms with Crippen molar-refractivity contribution in [3.05, 3.63) is 65.7 Å². The quantitative estimate of drug-likeness (QED) is 0.424. The second kappa shape index (κ2) is 8.62.